The van der Waals surface area contributed by atoms with Crippen LogP contribution in [0.15, 0.2) is 53.3 Å². The number of rotatable bonds is 7. The third-order valence-electron chi connectivity index (χ3n) is 8.98. The van der Waals surface area contributed by atoms with Crippen molar-refractivity contribution in [2.24, 2.45) is 0 Å². The van der Waals surface area contributed by atoms with Crippen molar-refractivity contribution in [2.45, 2.75) is 77.6 Å². The first kappa shape index (κ1) is 31.2. The highest BCUT2D eigenvalue weighted by molar-refractivity contribution is 6.74. The van der Waals surface area contributed by atoms with E-state index in [-0.39, 0.29) is 33.1 Å². The van der Waals surface area contributed by atoms with E-state index in [2.05, 4.69) is 50.7 Å². The predicted octanol–water partition coefficient (Wildman–Crippen LogP) is 7.89. The summed E-state index contributed by atoms with van der Waals surface area (Å²) in [6.45, 7) is 14.4. The minimum atomic E-state index is -1.98. The van der Waals surface area contributed by atoms with Crippen LogP contribution in [0.4, 0.5) is 10.2 Å². The van der Waals surface area contributed by atoms with Gasteiger partial charge in [0.1, 0.15) is 17.4 Å². The van der Waals surface area contributed by atoms with Gasteiger partial charge in [-0.2, -0.15) is 4.98 Å². The molecule has 0 aliphatic carbocycles. The Morgan fingerprint density at radius 1 is 1.12 bits per heavy atom. The summed E-state index contributed by atoms with van der Waals surface area (Å²) < 4.78 is 23.0. The quantitative estimate of drug-likeness (QED) is 0.211. The van der Waals surface area contributed by atoms with Gasteiger partial charge < -0.3 is 14.4 Å². The zero-order valence-corrected chi connectivity index (χ0v) is 27.5. The van der Waals surface area contributed by atoms with Crippen molar-refractivity contribution in [1.29, 1.82) is 0 Å². The molecule has 7 nitrogen and oxygen atoms in total. The first-order chi connectivity index (χ1) is 20.3. The van der Waals surface area contributed by atoms with E-state index in [9.17, 15) is 9.90 Å². The lowest BCUT2D eigenvalue weighted by Gasteiger charge is -2.36. The molecule has 228 valence electrons. The number of hydrogen-bond donors (Lipinski definition) is 1. The number of benzene rings is 2. The van der Waals surface area contributed by atoms with Crippen molar-refractivity contribution in [3.8, 4) is 22.7 Å². The Hall–Kier alpha value is -3.27. The summed E-state index contributed by atoms with van der Waals surface area (Å²) in [5.41, 5.74) is 1.27. The fraction of sp³-hybridized carbons (Fsp3) is 0.424. The molecule has 10 heteroatoms. The van der Waals surface area contributed by atoms with E-state index in [1.807, 2.05) is 24.3 Å². The molecule has 4 aromatic rings. The number of anilines is 1. The summed E-state index contributed by atoms with van der Waals surface area (Å²) in [4.78, 5) is 25.6. The van der Waals surface area contributed by atoms with Crippen molar-refractivity contribution >= 4 is 36.8 Å². The second-order valence-corrected chi connectivity index (χ2v) is 18.1. The van der Waals surface area contributed by atoms with Crippen LogP contribution in [0, 0.1) is 5.82 Å². The molecule has 1 atom stereocenters. The van der Waals surface area contributed by atoms with Gasteiger partial charge in [0.05, 0.1) is 27.4 Å². The number of phenolic OH excluding ortho intramolecular Hbond substituents is 1. The van der Waals surface area contributed by atoms with E-state index in [1.165, 1.54) is 22.8 Å². The molecule has 1 aliphatic heterocycles. The van der Waals surface area contributed by atoms with Crippen LogP contribution in [-0.4, -0.2) is 47.2 Å². The van der Waals surface area contributed by atoms with E-state index in [0.717, 1.165) is 31.4 Å². The van der Waals surface area contributed by atoms with Crippen LogP contribution >= 0.6 is 11.6 Å². The molecular weight excluding hydrogens is 583 g/mol. The van der Waals surface area contributed by atoms with E-state index < -0.39 is 19.8 Å². The van der Waals surface area contributed by atoms with Gasteiger partial charge in [0.25, 0.3) is 0 Å². The molecule has 1 saturated heterocycles. The number of aromatic hydroxyl groups is 1. The second-order valence-electron chi connectivity index (χ2n) is 12.9. The summed E-state index contributed by atoms with van der Waals surface area (Å²) in [5.74, 6) is -0.435. The molecule has 1 aliphatic rings. The molecule has 0 bridgehead atoms. The van der Waals surface area contributed by atoms with E-state index in [4.69, 9.17) is 21.0 Å². The molecule has 2 aromatic heterocycles. The van der Waals surface area contributed by atoms with Crippen molar-refractivity contribution < 1.29 is 13.9 Å². The lowest BCUT2D eigenvalue weighted by molar-refractivity contribution is 0.292. The highest BCUT2D eigenvalue weighted by Gasteiger charge is 2.37. The second kappa shape index (κ2) is 12.0. The first-order valence-electron chi connectivity index (χ1n) is 14.9. The standard InChI is InChI=1S/C33H40ClFN4O3Si/c1-21-12-9-10-18-38(21)30-23-20-24(34)29(28-25(35)14-11-16-27(28)40)36-31(23)39(32(41)37-30)26-15-8-7-13-22(26)17-19-42-43(5,6)33(2,3)4/h7-8,11,13-16,20-21,40H,9-10,12,17-19H2,1-6H3/t21-/m0/s1. The molecule has 0 amide bonds. The Labute approximate surface area is 258 Å². The zero-order chi connectivity index (χ0) is 31.1. The summed E-state index contributed by atoms with van der Waals surface area (Å²) in [7, 11) is -1.98. The minimum Gasteiger partial charge on any atom is -0.507 e. The molecule has 1 N–H and O–H groups in total. The monoisotopic (exact) mass is 622 g/mol. The number of hydrogen-bond acceptors (Lipinski definition) is 6. The van der Waals surface area contributed by atoms with Gasteiger partial charge in [-0.15, -0.1) is 0 Å². The summed E-state index contributed by atoms with van der Waals surface area (Å²) in [6, 6.07) is 13.6. The average molecular weight is 623 g/mol. The van der Waals surface area contributed by atoms with Gasteiger partial charge in [0.15, 0.2) is 14.0 Å². The molecule has 0 unspecified atom stereocenters. The van der Waals surface area contributed by atoms with Crippen LogP contribution in [0.5, 0.6) is 5.75 Å². The van der Waals surface area contributed by atoms with Gasteiger partial charge in [-0.3, -0.25) is 0 Å². The van der Waals surface area contributed by atoms with Crippen molar-refractivity contribution in [2.75, 3.05) is 18.1 Å². The number of para-hydroxylation sites is 1. The van der Waals surface area contributed by atoms with Crippen LogP contribution in [0.3, 0.4) is 0 Å². The van der Waals surface area contributed by atoms with Crippen LogP contribution in [0.25, 0.3) is 28.0 Å². The van der Waals surface area contributed by atoms with Crippen molar-refractivity contribution in [3.05, 3.63) is 75.4 Å². The number of fused-ring (bicyclic) bond motifs is 1. The number of phenols is 1. The molecule has 2 aromatic carbocycles. The van der Waals surface area contributed by atoms with Gasteiger partial charge in [0, 0.05) is 19.2 Å². The van der Waals surface area contributed by atoms with Gasteiger partial charge in [-0.25, -0.2) is 18.7 Å². The van der Waals surface area contributed by atoms with E-state index in [0.29, 0.717) is 35.6 Å². The Kier molecular flexibility index (Phi) is 8.71. The van der Waals surface area contributed by atoms with Crippen molar-refractivity contribution in [1.82, 2.24) is 14.5 Å². The lowest BCUT2D eigenvalue weighted by Crippen LogP contribution is -2.41. The highest BCUT2D eigenvalue weighted by Crippen LogP contribution is 2.39. The molecule has 5 rings (SSSR count). The minimum absolute atomic E-state index is 0.0560. The maximum absolute atomic E-state index is 15.1. The number of pyridine rings is 1. The van der Waals surface area contributed by atoms with E-state index >= 15 is 4.39 Å². The topological polar surface area (TPSA) is 80.5 Å². The fourth-order valence-corrected chi connectivity index (χ4v) is 6.74. The van der Waals surface area contributed by atoms with Crippen molar-refractivity contribution in [3.63, 3.8) is 0 Å². The van der Waals surface area contributed by atoms with Gasteiger partial charge in [-0.1, -0.05) is 56.6 Å². The number of aromatic nitrogens is 3. The Balaban J connectivity index is 1.72. The van der Waals surface area contributed by atoms with Crippen LogP contribution in [-0.2, 0) is 10.8 Å². The summed E-state index contributed by atoms with van der Waals surface area (Å²) >= 11 is 6.76. The molecule has 0 radical (unpaired) electrons. The van der Waals surface area contributed by atoms with Gasteiger partial charge in [0.2, 0.25) is 0 Å². The zero-order valence-electron chi connectivity index (χ0n) is 25.7. The average Bonchev–Trinajstić information content (AvgIpc) is 2.93. The maximum atomic E-state index is 15.1. The molecule has 1 fully saturated rings. The Bertz CT molecular complexity index is 1700. The first-order valence-corrected chi connectivity index (χ1v) is 18.2. The number of nitrogens with zero attached hydrogens (tertiary/aromatic N) is 4. The van der Waals surface area contributed by atoms with E-state index in [1.54, 1.807) is 6.07 Å². The number of halogens is 2. The molecule has 0 spiro atoms. The molecule has 43 heavy (non-hydrogen) atoms. The largest absolute Gasteiger partial charge is 0.507 e. The summed E-state index contributed by atoms with van der Waals surface area (Å²) in [5, 5.41) is 11.4. The maximum Gasteiger partial charge on any atom is 0.355 e. The fourth-order valence-electron chi connectivity index (χ4n) is 5.45. The smallest absolute Gasteiger partial charge is 0.355 e. The highest BCUT2D eigenvalue weighted by atomic mass is 35.5. The number of piperidine rings is 1. The SMILES string of the molecule is C[C@H]1CCCCN1c1nc(=O)n(-c2ccccc2CCO[Si](C)(C)C(C)(C)C)c2nc(-c3c(O)cccc3F)c(Cl)cc12. The summed E-state index contributed by atoms with van der Waals surface area (Å²) in [6.07, 6.45) is 3.64. The van der Waals surface area contributed by atoms with Gasteiger partial charge in [-0.05, 0) is 80.6 Å². The Morgan fingerprint density at radius 3 is 2.56 bits per heavy atom. The molecular formula is C33H40ClFN4O3Si. The Morgan fingerprint density at radius 2 is 1.86 bits per heavy atom. The normalized spacial score (nSPS) is 16.2. The van der Waals surface area contributed by atoms with Crippen LogP contribution in [0.2, 0.25) is 23.2 Å². The third kappa shape index (κ3) is 6.08. The lowest BCUT2D eigenvalue weighted by atomic mass is 10.0. The van der Waals surface area contributed by atoms with Crippen LogP contribution < -0.4 is 10.6 Å². The molecule has 0 saturated carbocycles. The molecule has 3 heterocycles. The van der Waals surface area contributed by atoms with Crippen LogP contribution in [0.1, 0.15) is 52.5 Å². The van der Waals surface area contributed by atoms with Gasteiger partial charge >= 0.3 is 5.69 Å². The predicted molar refractivity (Wildman–Crippen MR) is 175 cm³/mol. The third-order valence-corrected chi connectivity index (χ3v) is 13.8.